The van der Waals surface area contributed by atoms with Crippen LogP contribution in [0.4, 0.5) is 0 Å². The molecule has 2 aliphatic heterocycles. The van der Waals surface area contributed by atoms with Crippen LogP contribution in [0.5, 0.6) is 0 Å². The first-order valence-corrected chi connectivity index (χ1v) is 12.0. The number of amidine groups is 2. The number of hydrogen-bond donors (Lipinski definition) is 1. The van der Waals surface area contributed by atoms with Gasteiger partial charge in [-0.2, -0.15) is 15.1 Å². The molecular formula is C26H22ClN5OS. The molecule has 170 valence electrons. The first kappa shape index (κ1) is 22.4. The summed E-state index contributed by atoms with van der Waals surface area (Å²) in [6.07, 6.45) is 2.32. The highest BCUT2D eigenvalue weighted by Crippen LogP contribution is 2.31. The second kappa shape index (κ2) is 8.74. The van der Waals surface area contributed by atoms with Crippen LogP contribution in [0.1, 0.15) is 28.1 Å². The highest BCUT2D eigenvalue weighted by molar-refractivity contribution is 8.26. The molecule has 2 aliphatic rings. The molecular weight excluding hydrogens is 466 g/mol. The molecule has 0 aliphatic carbocycles. The maximum Gasteiger partial charge on any atom is 0.283 e. The van der Waals surface area contributed by atoms with E-state index >= 15 is 0 Å². The molecule has 34 heavy (non-hydrogen) atoms. The van der Waals surface area contributed by atoms with Gasteiger partial charge in [-0.3, -0.25) is 10.2 Å². The van der Waals surface area contributed by atoms with Gasteiger partial charge in [0.25, 0.3) is 5.91 Å². The van der Waals surface area contributed by atoms with Crippen LogP contribution in [0.2, 0.25) is 5.02 Å². The number of fused-ring (bicyclic) bond motifs is 1. The van der Waals surface area contributed by atoms with Crippen molar-refractivity contribution in [2.45, 2.75) is 27.2 Å². The van der Waals surface area contributed by atoms with Crippen molar-refractivity contribution in [2.24, 2.45) is 10.1 Å². The van der Waals surface area contributed by atoms with Crippen molar-refractivity contribution in [2.75, 3.05) is 0 Å². The summed E-state index contributed by atoms with van der Waals surface area (Å²) in [4.78, 5) is 17.1. The van der Waals surface area contributed by atoms with E-state index in [4.69, 9.17) is 17.0 Å². The molecule has 3 heterocycles. The Morgan fingerprint density at radius 2 is 1.76 bits per heavy atom. The summed E-state index contributed by atoms with van der Waals surface area (Å²) >= 11 is 7.29. The lowest BCUT2D eigenvalue weighted by Crippen LogP contribution is -2.35. The van der Waals surface area contributed by atoms with E-state index in [0.717, 1.165) is 33.2 Å². The van der Waals surface area contributed by atoms with Gasteiger partial charge >= 0.3 is 0 Å². The minimum absolute atomic E-state index is 0.0359. The Hall–Kier alpha value is -3.42. The zero-order chi connectivity index (χ0) is 24.0. The highest BCUT2D eigenvalue weighted by atomic mass is 35.5. The largest absolute Gasteiger partial charge is 0.318 e. The predicted molar refractivity (Wildman–Crippen MR) is 140 cm³/mol. The average Bonchev–Trinajstić information content (AvgIpc) is 3.33. The molecule has 1 N–H and O–H groups in total. The normalized spacial score (nSPS) is 16.7. The van der Waals surface area contributed by atoms with Crippen molar-refractivity contribution < 1.29 is 4.79 Å². The molecule has 0 fully saturated rings. The van der Waals surface area contributed by atoms with E-state index in [-0.39, 0.29) is 11.4 Å². The number of carbonyl (C=O) groups is 1. The van der Waals surface area contributed by atoms with Crippen LogP contribution in [-0.2, 0) is 11.2 Å². The number of thioether (sulfide) groups is 1. The number of hydrazone groups is 1. The second-order valence-corrected chi connectivity index (χ2v) is 9.79. The molecule has 3 aromatic rings. The molecule has 0 spiro atoms. The van der Waals surface area contributed by atoms with Gasteiger partial charge in [-0.05, 0) is 80.1 Å². The number of hydrogen-bond acceptors (Lipinski definition) is 4. The number of aliphatic imine (C=N–C) groups is 1. The third-order valence-corrected chi connectivity index (χ3v) is 6.99. The van der Waals surface area contributed by atoms with E-state index in [0.29, 0.717) is 16.6 Å². The van der Waals surface area contributed by atoms with E-state index in [1.54, 1.807) is 6.08 Å². The lowest BCUT2D eigenvalue weighted by Gasteiger charge is -2.20. The molecule has 1 amide bonds. The van der Waals surface area contributed by atoms with Crippen LogP contribution in [0.3, 0.4) is 0 Å². The Morgan fingerprint density at radius 3 is 2.47 bits per heavy atom. The monoisotopic (exact) mass is 487 g/mol. The van der Waals surface area contributed by atoms with Crippen LogP contribution in [0.25, 0.3) is 11.8 Å². The standard InChI is InChI=1S/C26H22ClN5OS/c1-15-4-10-21(11-5-15)31-16(2)12-19(17(31)3)14-22-24(28)32-26(29-25(22)33)34-23(30-32)13-18-6-8-20(27)9-7-18/h4-12,14,28H,13H2,1-3H3. The lowest BCUT2D eigenvalue weighted by atomic mass is 10.1. The number of aromatic nitrogens is 1. The highest BCUT2D eigenvalue weighted by Gasteiger charge is 2.35. The molecule has 1 aromatic heterocycles. The maximum atomic E-state index is 12.9. The van der Waals surface area contributed by atoms with Crippen molar-refractivity contribution in [1.82, 2.24) is 9.58 Å². The molecule has 0 saturated carbocycles. The number of aryl methyl sites for hydroxylation is 2. The summed E-state index contributed by atoms with van der Waals surface area (Å²) < 4.78 is 2.14. The zero-order valence-electron chi connectivity index (χ0n) is 19.0. The van der Waals surface area contributed by atoms with Crippen molar-refractivity contribution >= 4 is 51.4 Å². The molecule has 0 radical (unpaired) electrons. The number of benzene rings is 2. The van der Waals surface area contributed by atoms with E-state index in [9.17, 15) is 4.79 Å². The Bertz CT molecular complexity index is 1410. The Morgan fingerprint density at radius 1 is 1.06 bits per heavy atom. The Balaban J connectivity index is 1.44. The van der Waals surface area contributed by atoms with Gasteiger partial charge in [0.05, 0.1) is 5.57 Å². The number of nitrogens with zero attached hydrogens (tertiary/aromatic N) is 4. The summed E-state index contributed by atoms with van der Waals surface area (Å²) in [7, 11) is 0. The fourth-order valence-electron chi connectivity index (χ4n) is 4.06. The third-order valence-electron chi connectivity index (χ3n) is 5.83. The molecule has 0 atom stereocenters. The molecule has 2 aromatic carbocycles. The van der Waals surface area contributed by atoms with Gasteiger partial charge in [0, 0.05) is 28.5 Å². The summed E-state index contributed by atoms with van der Waals surface area (Å²) in [5.74, 6) is -0.388. The van der Waals surface area contributed by atoms with Crippen LogP contribution in [0, 0.1) is 26.2 Å². The number of rotatable bonds is 4. The van der Waals surface area contributed by atoms with Crippen LogP contribution < -0.4 is 0 Å². The van der Waals surface area contributed by atoms with Crippen molar-refractivity contribution in [3.63, 3.8) is 0 Å². The minimum Gasteiger partial charge on any atom is -0.318 e. The van der Waals surface area contributed by atoms with E-state index < -0.39 is 5.91 Å². The predicted octanol–water partition coefficient (Wildman–Crippen LogP) is 5.92. The Labute approximate surface area is 207 Å². The molecule has 5 rings (SSSR count). The summed E-state index contributed by atoms with van der Waals surface area (Å²) in [5, 5.41) is 16.6. The quantitative estimate of drug-likeness (QED) is 0.464. The molecule has 0 unspecified atom stereocenters. The second-order valence-electron chi connectivity index (χ2n) is 8.31. The minimum atomic E-state index is -0.424. The van der Waals surface area contributed by atoms with Gasteiger partial charge in [-0.1, -0.05) is 41.4 Å². The number of carbonyl (C=O) groups excluding carboxylic acids is 1. The zero-order valence-corrected chi connectivity index (χ0v) is 20.5. The first-order valence-electron chi connectivity index (χ1n) is 10.8. The average molecular weight is 488 g/mol. The van der Waals surface area contributed by atoms with Gasteiger partial charge < -0.3 is 4.57 Å². The van der Waals surface area contributed by atoms with Crippen molar-refractivity contribution in [3.8, 4) is 5.69 Å². The van der Waals surface area contributed by atoms with Crippen LogP contribution in [0.15, 0.2) is 70.3 Å². The number of halogens is 1. The van der Waals surface area contributed by atoms with Gasteiger partial charge in [0.15, 0.2) is 5.84 Å². The van der Waals surface area contributed by atoms with Crippen LogP contribution >= 0.6 is 23.4 Å². The van der Waals surface area contributed by atoms with Crippen LogP contribution in [-0.4, -0.2) is 31.5 Å². The molecule has 8 heteroatoms. The van der Waals surface area contributed by atoms with Gasteiger partial charge in [-0.15, -0.1) is 0 Å². The van der Waals surface area contributed by atoms with E-state index in [2.05, 4.69) is 45.9 Å². The fourth-order valence-corrected chi connectivity index (χ4v) is 5.11. The smallest absolute Gasteiger partial charge is 0.283 e. The van der Waals surface area contributed by atoms with Gasteiger partial charge in [-0.25, -0.2) is 0 Å². The summed E-state index contributed by atoms with van der Waals surface area (Å²) in [5.41, 5.74) is 6.45. The topological polar surface area (TPSA) is 73.8 Å². The third kappa shape index (κ3) is 4.13. The fraction of sp³-hybridized carbons (Fsp3) is 0.154. The van der Waals surface area contributed by atoms with Crippen molar-refractivity contribution in [3.05, 3.63) is 93.3 Å². The number of nitrogens with one attached hydrogen (secondary N) is 1. The van der Waals surface area contributed by atoms with Gasteiger partial charge in [0.2, 0.25) is 5.17 Å². The first-order chi connectivity index (χ1) is 16.3. The SMILES string of the molecule is Cc1ccc(-n2c(C)cc(C=C3C(=N)N4N=C(Cc5ccc(Cl)cc5)SC4=NC3=O)c2C)cc1. The summed E-state index contributed by atoms with van der Waals surface area (Å²) in [6, 6.07) is 17.9. The molecule has 6 nitrogen and oxygen atoms in total. The Kier molecular flexibility index (Phi) is 5.75. The summed E-state index contributed by atoms with van der Waals surface area (Å²) in [6.45, 7) is 6.10. The molecule has 0 saturated heterocycles. The lowest BCUT2D eigenvalue weighted by molar-refractivity contribution is -0.114. The van der Waals surface area contributed by atoms with Gasteiger partial charge in [0.1, 0.15) is 5.04 Å². The van der Waals surface area contributed by atoms with E-state index in [1.807, 2.05) is 44.2 Å². The van der Waals surface area contributed by atoms with Crippen molar-refractivity contribution in [1.29, 1.82) is 5.41 Å². The molecule has 0 bridgehead atoms. The van der Waals surface area contributed by atoms with E-state index in [1.165, 1.54) is 22.3 Å². The number of amides is 1. The maximum absolute atomic E-state index is 12.9.